The third-order valence-corrected chi connectivity index (χ3v) is 2.58. The van der Waals surface area contributed by atoms with Crippen LogP contribution in [0.15, 0.2) is 29.4 Å². The Hall–Kier alpha value is -2.04. The quantitative estimate of drug-likeness (QED) is 0.617. The van der Waals surface area contributed by atoms with Gasteiger partial charge in [-0.3, -0.25) is 0 Å². The average molecular weight is 235 g/mol. The van der Waals surface area contributed by atoms with Crippen LogP contribution in [0.4, 0.5) is 4.79 Å². The molecule has 1 aromatic rings. The number of rotatable bonds is 4. The molecule has 0 heterocycles. The maximum Gasteiger partial charge on any atom is 0.332 e. The first kappa shape index (κ1) is 13.0. The minimum atomic E-state index is -0.661. The number of amides is 2. The number of nitrogens with one attached hydrogen (secondary N) is 1. The van der Waals surface area contributed by atoms with Crippen molar-refractivity contribution in [1.29, 1.82) is 0 Å². The van der Waals surface area contributed by atoms with Gasteiger partial charge in [0.2, 0.25) is 0 Å². The van der Waals surface area contributed by atoms with E-state index in [1.807, 2.05) is 38.1 Å². The van der Waals surface area contributed by atoms with Crippen molar-refractivity contribution >= 4 is 11.7 Å². The molecule has 0 saturated carbocycles. The predicted molar refractivity (Wildman–Crippen MR) is 67.2 cm³/mol. The van der Waals surface area contributed by atoms with Gasteiger partial charge in [0.1, 0.15) is 5.75 Å². The van der Waals surface area contributed by atoms with E-state index in [2.05, 4.69) is 10.5 Å². The van der Waals surface area contributed by atoms with Crippen LogP contribution in [0, 0.1) is 0 Å². The molecule has 5 heteroatoms. The Morgan fingerprint density at radius 1 is 1.41 bits per heavy atom. The summed E-state index contributed by atoms with van der Waals surface area (Å²) in [4.78, 5) is 10.5. The summed E-state index contributed by atoms with van der Waals surface area (Å²) < 4.78 is 5.08. The van der Waals surface area contributed by atoms with E-state index in [1.54, 1.807) is 7.11 Å². The van der Waals surface area contributed by atoms with Gasteiger partial charge in [0.05, 0.1) is 7.11 Å². The van der Waals surface area contributed by atoms with Gasteiger partial charge in [-0.05, 0) is 24.6 Å². The fourth-order valence-corrected chi connectivity index (χ4v) is 1.37. The van der Waals surface area contributed by atoms with Crippen molar-refractivity contribution in [3.63, 3.8) is 0 Å². The second kappa shape index (κ2) is 5.89. The van der Waals surface area contributed by atoms with Gasteiger partial charge in [0.25, 0.3) is 0 Å². The SMILES string of the molecule is COc1ccc([C@H](C)/C(C)=N/NC(N)=O)cc1. The van der Waals surface area contributed by atoms with E-state index >= 15 is 0 Å². The molecular formula is C12H17N3O2. The van der Waals surface area contributed by atoms with Gasteiger partial charge < -0.3 is 10.5 Å². The van der Waals surface area contributed by atoms with Crippen molar-refractivity contribution in [3.05, 3.63) is 29.8 Å². The number of carbonyl (C=O) groups is 1. The number of methoxy groups -OCH3 is 1. The molecule has 0 aliphatic carbocycles. The van der Waals surface area contributed by atoms with E-state index in [4.69, 9.17) is 10.5 Å². The lowest BCUT2D eigenvalue weighted by Gasteiger charge is -2.12. The lowest BCUT2D eigenvalue weighted by molar-refractivity contribution is 0.249. The first-order valence-corrected chi connectivity index (χ1v) is 5.28. The Kier molecular flexibility index (Phi) is 4.51. The molecule has 0 aliphatic rings. The highest BCUT2D eigenvalue weighted by molar-refractivity contribution is 5.89. The van der Waals surface area contributed by atoms with E-state index in [0.29, 0.717) is 0 Å². The molecule has 17 heavy (non-hydrogen) atoms. The van der Waals surface area contributed by atoms with Crippen molar-refractivity contribution in [1.82, 2.24) is 5.43 Å². The third kappa shape index (κ3) is 3.79. The molecule has 0 aromatic heterocycles. The van der Waals surface area contributed by atoms with Gasteiger partial charge in [-0.15, -0.1) is 0 Å². The number of hydrazone groups is 1. The molecule has 0 spiro atoms. The first-order valence-electron chi connectivity index (χ1n) is 5.28. The molecule has 5 nitrogen and oxygen atoms in total. The molecule has 0 saturated heterocycles. The highest BCUT2D eigenvalue weighted by Crippen LogP contribution is 2.20. The van der Waals surface area contributed by atoms with E-state index in [0.717, 1.165) is 17.0 Å². The Bertz CT molecular complexity index is 412. The smallest absolute Gasteiger partial charge is 0.332 e. The van der Waals surface area contributed by atoms with E-state index in [1.165, 1.54) is 0 Å². The number of carbonyl (C=O) groups excluding carboxylic acids is 1. The summed E-state index contributed by atoms with van der Waals surface area (Å²) in [6.45, 7) is 3.84. The first-order chi connectivity index (χ1) is 8.04. The zero-order valence-corrected chi connectivity index (χ0v) is 10.2. The molecule has 0 aliphatic heterocycles. The molecule has 0 bridgehead atoms. The van der Waals surface area contributed by atoms with Gasteiger partial charge >= 0.3 is 6.03 Å². The van der Waals surface area contributed by atoms with Crippen LogP contribution >= 0.6 is 0 Å². The fraction of sp³-hybridized carbons (Fsp3) is 0.333. The van der Waals surface area contributed by atoms with Crippen LogP contribution < -0.4 is 15.9 Å². The zero-order chi connectivity index (χ0) is 12.8. The van der Waals surface area contributed by atoms with Gasteiger partial charge in [-0.2, -0.15) is 5.10 Å². The minimum absolute atomic E-state index is 0.104. The fourth-order valence-electron chi connectivity index (χ4n) is 1.37. The van der Waals surface area contributed by atoms with Crippen LogP contribution in [-0.2, 0) is 0 Å². The molecule has 0 unspecified atom stereocenters. The van der Waals surface area contributed by atoms with E-state index < -0.39 is 6.03 Å². The maximum absolute atomic E-state index is 10.5. The monoisotopic (exact) mass is 235 g/mol. The van der Waals surface area contributed by atoms with Gasteiger partial charge in [-0.1, -0.05) is 19.1 Å². The molecule has 0 fully saturated rings. The van der Waals surface area contributed by atoms with Crippen molar-refractivity contribution in [2.75, 3.05) is 7.11 Å². The molecule has 92 valence electrons. The van der Waals surface area contributed by atoms with Crippen LogP contribution in [0.1, 0.15) is 25.3 Å². The van der Waals surface area contributed by atoms with Gasteiger partial charge in [0, 0.05) is 11.6 Å². The second-order valence-corrected chi connectivity index (χ2v) is 3.72. The summed E-state index contributed by atoms with van der Waals surface area (Å²) in [5.74, 6) is 0.915. The van der Waals surface area contributed by atoms with Crippen LogP contribution in [0.3, 0.4) is 0 Å². The Balaban J connectivity index is 2.77. The topological polar surface area (TPSA) is 76.7 Å². The number of hydrogen-bond donors (Lipinski definition) is 2. The lowest BCUT2D eigenvalue weighted by atomic mass is 9.97. The molecule has 0 radical (unpaired) electrons. The van der Waals surface area contributed by atoms with Crippen molar-refractivity contribution < 1.29 is 9.53 Å². The summed E-state index contributed by atoms with van der Waals surface area (Å²) >= 11 is 0. The molecule has 1 atom stereocenters. The minimum Gasteiger partial charge on any atom is -0.497 e. The standard InChI is InChI=1S/C12H17N3O2/c1-8(9(2)14-15-12(13)16)10-4-6-11(17-3)7-5-10/h4-8H,1-3H3,(H3,13,15,16)/b14-9+/t8-/m1/s1. The number of benzene rings is 1. The highest BCUT2D eigenvalue weighted by atomic mass is 16.5. The molecule has 1 aromatic carbocycles. The summed E-state index contributed by atoms with van der Waals surface area (Å²) in [6.07, 6.45) is 0. The van der Waals surface area contributed by atoms with Gasteiger partial charge in [0.15, 0.2) is 0 Å². The van der Waals surface area contributed by atoms with Crippen molar-refractivity contribution in [2.24, 2.45) is 10.8 Å². The van der Waals surface area contributed by atoms with Crippen LogP contribution in [-0.4, -0.2) is 18.9 Å². The summed E-state index contributed by atoms with van der Waals surface area (Å²) in [5, 5.41) is 3.90. The number of nitrogens with zero attached hydrogens (tertiary/aromatic N) is 1. The molecule has 1 rings (SSSR count). The number of ether oxygens (including phenoxy) is 1. The van der Waals surface area contributed by atoms with Crippen molar-refractivity contribution in [2.45, 2.75) is 19.8 Å². The molecular weight excluding hydrogens is 218 g/mol. The van der Waals surface area contributed by atoms with Crippen LogP contribution in [0.25, 0.3) is 0 Å². The maximum atomic E-state index is 10.5. The molecule has 2 amide bonds. The highest BCUT2D eigenvalue weighted by Gasteiger charge is 2.09. The Morgan fingerprint density at radius 2 is 2.00 bits per heavy atom. The number of primary amides is 1. The Labute approximate surface area is 101 Å². The van der Waals surface area contributed by atoms with E-state index in [9.17, 15) is 4.79 Å². The van der Waals surface area contributed by atoms with Crippen molar-refractivity contribution in [3.8, 4) is 5.75 Å². The van der Waals surface area contributed by atoms with Crippen LogP contribution in [0.2, 0.25) is 0 Å². The summed E-state index contributed by atoms with van der Waals surface area (Å²) in [7, 11) is 1.63. The van der Waals surface area contributed by atoms with E-state index in [-0.39, 0.29) is 5.92 Å². The normalized spacial score (nSPS) is 13.0. The number of urea groups is 1. The lowest BCUT2D eigenvalue weighted by Crippen LogP contribution is -2.26. The molecule has 3 N–H and O–H groups in total. The van der Waals surface area contributed by atoms with Crippen LogP contribution in [0.5, 0.6) is 5.75 Å². The third-order valence-electron chi connectivity index (χ3n) is 2.58. The number of nitrogens with two attached hydrogens (primary N) is 1. The second-order valence-electron chi connectivity index (χ2n) is 3.72. The summed E-state index contributed by atoms with van der Waals surface area (Å²) in [6, 6.07) is 7.05. The average Bonchev–Trinajstić information content (AvgIpc) is 2.35. The predicted octanol–water partition coefficient (Wildman–Crippen LogP) is 1.84. The number of hydrogen-bond acceptors (Lipinski definition) is 3. The zero-order valence-electron chi connectivity index (χ0n) is 10.2. The summed E-state index contributed by atoms with van der Waals surface area (Å²) in [5.41, 5.74) is 9.05. The van der Waals surface area contributed by atoms with Gasteiger partial charge in [-0.25, -0.2) is 10.2 Å². The Morgan fingerprint density at radius 3 is 2.47 bits per heavy atom. The largest absolute Gasteiger partial charge is 0.497 e.